The second-order valence-corrected chi connectivity index (χ2v) is 6.30. The van der Waals surface area contributed by atoms with Crippen molar-refractivity contribution in [2.45, 2.75) is 38.8 Å². The van der Waals surface area contributed by atoms with E-state index in [-0.39, 0.29) is 6.04 Å². The van der Waals surface area contributed by atoms with Crippen LogP contribution in [-0.4, -0.2) is 41.6 Å². The quantitative estimate of drug-likeness (QED) is 0.790. The molecule has 0 aromatic carbocycles. The molecule has 1 N–H and O–H groups in total. The highest BCUT2D eigenvalue weighted by molar-refractivity contribution is 5.60. The molecule has 8 heteroatoms. The minimum atomic E-state index is 0.259. The number of aromatic amines is 1. The number of rotatable bonds is 4. The van der Waals surface area contributed by atoms with Gasteiger partial charge < -0.3 is 4.52 Å². The van der Waals surface area contributed by atoms with Gasteiger partial charge in [0, 0.05) is 24.4 Å². The van der Waals surface area contributed by atoms with Crippen LogP contribution in [0.2, 0.25) is 0 Å². The van der Waals surface area contributed by atoms with E-state index in [9.17, 15) is 0 Å². The SMILES string of the molecule is Cc1c(-c2cc(CN3CCCC[C@H]3c3ncn[nH]3)on2)cnn1C. The molecule has 1 atom stereocenters. The molecule has 3 aromatic rings. The molecule has 0 unspecified atom stereocenters. The zero-order valence-corrected chi connectivity index (χ0v) is 13.9. The third kappa shape index (κ3) is 2.73. The van der Waals surface area contributed by atoms with Gasteiger partial charge in [0.25, 0.3) is 0 Å². The van der Waals surface area contributed by atoms with Crippen molar-refractivity contribution >= 4 is 0 Å². The number of hydrogen-bond acceptors (Lipinski definition) is 6. The second kappa shape index (κ2) is 6.20. The fraction of sp³-hybridized carbons (Fsp3) is 0.500. The lowest BCUT2D eigenvalue weighted by molar-refractivity contribution is 0.120. The number of nitrogens with zero attached hydrogens (tertiary/aromatic N) is 6. The summed E-state index contributed by atoms with van der Waals surface area (Å²) in [6.45, 7) is 3.77. The third-order valence-corrected chi connectivity index (χ3v) is 4.79. The zero-order valence-electron chi connectivity index (χ0n) is 13.9. The molecule has 1 aliphatic heterocycles. The Hall–Kier alpha value is -2.48. The van der Waals surface area contributed by atoms with Crippen LogP contribution in [0.4, 0.5) is 0 Å². The van der Waals surface area contributed by atoms with E-state index in [0.29, 0.717) is 0 Å². The predicted molar refractivity (Wildman–Crippen MR) is 86.8 cm³/mol. The van der Waals surface area contributed by atoms with Gasteiger partial charge in [0.2, 0.25) is 0 Å². The highest BCUT2D eigenvalue weighted by Gasteiger charge is 2.27. The molecule has 0 spiro atoms. The zero-order chi connectivity index (χ0) is 16.5. The van der Waals surface area contributed by atoms with Crippen LogP contribution in [0.1, 0.15) is 42.6 Å². The first kappa shape index (κ1) is 15.1. The van der Waals surface area contributed by atoms with E-state index in [0.717, 1.165) is 48.0 Å². The highest BCUT2D eigenvalue weighted by atomic mass is 16.5. The number of hydrogen-bond donors (Lipinski definition) is 1. The third-order valence-electron chi connectivity index (χ3n) is 4.79. The number of aryl methyl sites for hydroxylation is 1. The summed E-state index contributed by atoms with van der Waals surface area (Å²) >= 11 is 0. The molecule has 1 saturated heterocycles. The number of piperidine rings is 1. The maximum Gasteiger partial charge on any atom is 0.151 e. The number of likely N-dealkylation sites (tertiary alicyclic amines) is 1. The van der Waals surface area contributed by atoms with Gasteiger partial charge in [-0.25, -0.2) is 4.98 Å². The van der Waals surface area contributed by atoms with E-state index in [4.69, 9.17) is 4.52 Å². The predicted octanol–water partition coefficient (Wildman–Crippen LogP) is 2.23. The number of nitrogens with one attached hydrogen (secondary N) is 1. The van der Waals surface area contributed by atoms with Gasteiger partial charge in [0.15, 0.2) is 5.76 Å². The Labute approximate surface area is 139 Å². The van der Waals surface area contributed by atoms with Crippen LogP contribution < -0.4 is 0 Å². The molecule has 8 nitrogen and oxygen atoms in total. The lowest BCUT2D eigenvalue weighted by atomic mass is 10.0. The normalized spacial score (nSPS) is 19.0. The Morgan fingerprint density at radius 2 is 2.29 bits per heavy atom. The molecule has 126 valence electrons. The summed E-state index contributed by atoms with van der Waals surface area (Å²) in [5, 5.41) is 15.5. The van der Waals surface area contributed by atoms with E-state index >= 15 is 0 Å². The topological polar surface area (TPSA) is 88.7 Å². The molecule has 4 heterocycles. The van der Waals surface area contributed by atoms with Crippen LogP contribution in [0.25, 0.3) is 11.3 Å². The van der Waals surface area contributed by atoms with Gasteiger partial charge in [-0.3, -0.25) is 14.7 Å². The molecule has 0 saturated carbocycles. The number of H-pyrrole nitrogens is 1. The standard InChI is InChI=1S/C16H21N7O/c1-11-13(8-19-22(11)2)14-7-12(24-21-14)9-23-6-4-3-5-15(23)16-17-10-18-20-16/h7-8,10,15H,3-6,9H2,1-2H3,(H,17,18,20)/t15-/m0/s1. The fourth-order valence-electron chi connectivity index (χ4n) is 3.33. The molecule has 3 aromatic heterocycles. The molecular formula is C16H21N7O. The Balaban J connectivity index is 1.53. The fourth-order valence-corrected chi connectivity index (χ4v) is 3.33. The van der Waals surface area contributed by atoms with E-state index in [2.05, 4.69) is 30.3 Å². The largest absolute Gasteiger partial charge is 0.359 e. The summed E-state index contributed by atoms with van der Waals surface area (Å²) in [6.07, 6.45) is 6.87. The van der Waals surface area contributed by atoms with Gasteiger partial charge in [-0.05, 0) is 26.3 Å². The van der Waals surface area contributed by atoms with Gasteiger partial charge in [0.1, 0.15) is 17.8 Å². The van der Waals surface area contributed by atoms with Crippen LogP contribution in [0, 0.1) is 6.92 Å². The Kier molecular flexibility index (Phi) is 3.89. The summed E-state index contributed by atoms with van der Waals surface area (Å²) in [5.74, 6) is 1.79. The molecule has 1 aliphatic rings. The molecule has 4 rings (SSSR count). The van der Waals surface area contributed by atoms with Crippen LogP contribution in [-0.2, 0) is 13.6 Å². The van der Waals surface area contributed by atoms with E-state index in [1.165, 1.54) is 12.8 Å². The highest BCUT2D eigenvalue weighted by Crippen LogP contribution is 2.31. The first-order valence-electron chi connectivity index (χ1n) is 8.26. The van der Waals surface area contributed by atoms with Crippen molar-refractivity contribution in [3.63, 3.8) is 0 Å². The van der Waals surface area contributed by atoms with E-state index < -0.39 is 0 Å². The van der Waals surface area contributed by atoms with E-state index in [1.54, 1.807) is 6.33 Å². The van der Waals surface area contributed by atoms with Gasteiger partial charge >= 0.3 is 0 Å². The van der Waals surface area contributed by atoms with Gasteiger partial charge in [-0.1, -0.05) is 11.6 Å². The summed E-state index contributed by atoms with van der Waals surface area (Å²) in [6, 6.07) is 2.27. The van der Waals surface area contributed by atoms with Crippen molar-refractivity contribution in [2.75, 3.05) is 6.54 Å². The van der Waals surface area contributed by atoms with Gasteiger partial charge in [-0.15, -0.1) is 0 Å². The number of aromatic nitrogens is 6. The van der Waals surface area contributed by atoms with Crippen LogP contribution in [0.3, 0.4) is 0 Å². The summed E-state index contributed by atoms with van der Waals surface area (Å²) < 4.78 is 7.42. The van der Waals surface area contributed by atoms with Gasteiger partial charge in [0.05, 0.1) is 18.8 Å². The second-order valence-electron chi connectivity index (χ2n) is 6.30. The first-order valence-corrected chi connectivity index (χ1v) is 8.26. The molecular weight excluding hydrogens is 306 g/mol. The minimum absolute atomic E-state index is 0.259. The average Bonchev–Trinajstić information content (AvgIpc) is 3.32. The smallest absolute Gasteiger partial charge is 0.151 e. The Morgan fingerprint density at radius 1 is 1.38 bits per heavy atom. The maximum absolute atomic E-state index is 5.58. The Bertz CT molecular complexity index is 804. The van der Waals surface area contributed by atoms with Crippen molar-refractivity contribution < 1.29 is 4.52 Å². The molecule has 0 aliphatic carbocycles. The average molecular weight is 327 g/mol. The van der Waals surface area contributed by atoms with E-state index in [1.807, 2.05) is 30.9 Å². The van der Waals surface area contributed by atoms with Crippen molar-refractivity contribution in [1.29, 1.82) is 0 Å². The molecule has 0 amide bonds. The summed E-state index contributed by atoms with van der Waals surface area (Å²) in [5.41, 5.74) is 2.93. The summed E-state index contributed by atoms with van der Waals surface area (Å²) in [4.78, 5) is 6.71. The van der Waals surface area contributed by atoms with Crippen LogP contribution >= 0.6 is 0 Å². The van der Waals surface area contributed by atoms with Crippen molar-refractivity contribution in [3.8, 4) is 11.3 Å². The van der Waals surface area contributed by atoms with Crippen LogP contribution in [0.5, 0.6) is 0 Å². The molecule has 24 heavy (non-hydrogen) atoms. The monoisotopic (exact) mass is 327 g/mol. The molecule has 0 bridgehead atoms. The minimum Gasteiger partial charge on any atom is -0.359 e. The molecule has 1 fully saturated rings. The van der Waals surface area contributed by atoms with Crippen molar-refractivity contribution in [2.24, 2.45) is 7.05 Å². The van der Waals surface area contributed by atoms with Gasteiger partial charge in [-0.2, -0.15) is 10.2 Å². The maximum atomic E-state index is 5.58. The first-order chi connectivity index (χ1) is 11.7. The van der Waals surface area contributed by atoms with Crippen LogP contribution in [0.15, 0.2) is 23.1 Å². The van der Waals surface area contributed by atoms with Crippen molar-refractivity contribution in [3.05, 3.63) is 35.9 Å². The van der Waals surface area contributed by atoms with Crippen molar-refractivity contribution in [1.82, 2.24) is 35.0 Å². The molecule has 0 radical (unpaired) electrons. The lowest BCUT2D eigenvalue weighted by Gasteiger charge is -2.33. The lowest BCUT2D eigenvalue weighted by Crippen LogP contribution is -2.33. The summed E-state index contributed by atoms with van der Waals surface area (Å²) in [7, 11) is 1.93. The Morgan fingerprint density at radius 3 is 3.04 bits per heavy atom.